The third kappa shape index (κ3) is 3.93. The zero-order valence-corrected chi connectivity index (χ0v) is 8.80. The van der Waals surface area contributed by atoms with Crippen LogP contribution in [0.4, 0.5) is 0 Å². The molecule has 1 rings (SSSR count). The van der Waals surface area contributed by atoms with Crippen LogP contribution in [0.25, 0.3) is 0 Å². The summed E-state index contributed by atoms with van der Waals surface area (Å²) >= 11 is 0. The number of hydrogen-bond donors (Lipinski definition) is 0. The van der Waals surface area contributed by atoms with Gasteiger partial charge < -0.3 is 4.79 Å². The van der Waals surface area contributed by atoms with Crippen molar-refractivity contribution in [2.24, 2.45) is 11.8 Å². The van der Waals surface area contributed by atoms with Crippen LogP contribution < -0.4 is 0 Å². The number of hydrogen-bond acceptors (Lipinski definition) is 1. The Kier molecular flexibility index (Phi) is 5.10. The second kappa shape index (κ2) is 6.17. The minimum atomic E-state index is 0.290. The molecule has 0 spiro atoms. The van der Waals surface area contributed by atoms with Gasteiger partial charge in [0.15, 0.2) is 0 Å². The molecule has 1 fully saturated rings. The van der Waals surface area contributed by atoms with Crippen molar-refractivity contribution in [3.63, 3.8) is 0 Å². The fourth-order valence-electron chi connectivity index (χ4n) is 2.30. The predicted molar refractivity (Wildman–Crippen MR) is 55.7 cm³/mol. The van der Waals surface area contributed by atoms with Crippen LogP contribution in [0.1, 0.15) is 58.3 Å². The molecule has 0 aromatic carbocycles. The number of carbonyl (C=O) groups excluding carboxylic acids is 1. The first-order valence-corrected chi connectivity index (χ1v) is 5.80. The summed E-state index contributed by atoms with van der Waals surface area (Å²) in [7, 11) is 0. The van der Waals surface area contributed by atoms with E-state index in [1.165, 1.54) is 51.4 Å². The SMILES string of the molecule is CC(C=O)C1CCCCCCCC1. The second-order valence-corrected chi connectivity index (χ2v) is 4.45. The monoisotopic (exact) mass is 182 g/mol. The molecule has 0 amide bonds. The standard InChI is InChI=1S/C12H22O/c1-11(10-13)12-8-6-4-2-3-5-7-9-12/h10-12H,2-9H2,1H3. The van der Waals surface area contributed by atoms with Gasteiger partial charge in [-0.3, -0.25) is 0 Å². The van der Waals surface area contributed by atoms with Crippen molar-refractivity contribution in [1.29, 1.82) is 0 Å². The number of carbonyl (C=O) groups is 1. The molecule has 0 saturated heterocycles. The Balaban J connectivity index is 2.36. The van der Waals surface area contributed by atoms with Gasteiger partial charge in [-0.25, -0.2) is 0 Å². The highest BCUT2D eigenvalue weighted by Gasteiger charge is 2.16. The van der Waals surface area contributed by atoms with Crippen molar-refractivity contribution in [1.82, 2.24) is 0 Å². The Morgan fingerprint density at radius 3 is 1.92 bits per heavy atom. The molecule has 1 atom stereocenters. The Bertz CT molecular complexity index is 132. The van der Waals surface area contributed by atoms with Crippen LogP contribution in [0.3, 0.4) is 0 Å². The average Bonchev–Trinajstić information content (AvgIpc) is 2.29. The van der Waals surface area contributed by atoms with Crippen molar-refractivity contribution in [2.75, 3.05) is 0 Å². The van der Waals surface area contributed by atoms with Gasteiger partial charge in [-0.2, -0.15) is 0 Å². The molecule has 0 radical (unpaired) electrons. The predicted octanol–water partition coefficient (Wildman–Crippen LogP) is 3.57. The van der Waals surface area contributed by atoms with Gasteiger partial charge in [0.25, 0.3) is 0 Å². The first kappa shape index (κ1) is 10.7. The summed E-state index contributed by atoms with van der Waals surface area (Å²) in [5.74, 6) is 0.966. The van der Waals surface area contributed by atoms with E-state index in [0.29, 0.717) is 5.92 Å². The lowest BCUT2D eigenvalue weighted by Crippen LogP contribution is -2.12. The highest BCUT2D eigenvalue weighted by molar-refractivity contribution is 5.53. The Hall–Kier alpha value is -0.330. The zero-order chi connectivity index (χ0) is 9.52. The lowest BCUT2D eigenvalue weighted by atomic mass is 9.86. The first-order valence-electron chi connectivity index (χ1n) is 5.80. The molecule has 0 aliphatic heterocycles. The Morgan fingerprint density at radius 2 is 1.46 bits per heavy atom. The third-order valence-corrected chi connectivity index (χ3v) is 3.36. The van der Waals surface area contributed by atoms with E-state index in [1.54, 1.807) is 0 Å². The third-order valence-electron chi connectivity index (χ3n) is 3.36. The maximum atomic E-state index is 10.7. The van der Waals surface area contributed by atoms with Crippen molar-refractivity contribution in [2.45, 2.75) is 58.3 Å². The van der Waals surface area contributed by atoms with Gasteiger partial charge in [0.05, 0.1) is 0 Å². The van der Waals surface area contributed by atoms with E-state index < -0.39 is 0 Å². The van der Waals surface area contributed by atoms with Gasteiger partial charge in [0.1, 0.15) is 6.29 Å². The van der Waals surface area contributed by atoms with Gasteiger partial charge in [-0.05, 0) is 18.8 Å². The summed E-state index contributed by atoms with van der Waals surface area (Å²) in [4.78, 5) is 10.7. The van der Waals surface area contributed by atoms with E-state index in [2.05, 4.69) is 6.92 Å². The molecule has 0 bridgehead atoms. The molecule has 1 nitrogen and oxygen atoms in total. The summed E-state index contributed by atoms with van der Waals surface area (Å²) < 4.78 is 0. The van der Waals surface area contributed by atoms with Gasteiger partial charge in [0.2, 0.25) is 0 Å². The lowest BCUT2D eigenvalue weighted by molar-refractivity contribution is -0.112. The quantitative estimate of drug-likeness (QED) is 0.597. The van der Waals surface area contributed by atoms with Gasteiger partial charge >= 0.3 is 0 Å². The van der Waals surface area contributed by atoms with Gasteiger partial charge in [-0.15, -0.1) is 0 Å². The Morgan fingerprint density at radius 1 is 1.00 bits per heavy atom. The molecule has 1 aliphatic carbocycles. The molecule has 1 aliphatic rings. The molecule has 0 N–H and O–H groups in total. The maximum Gasteiger partial charge on any atom is 0.123 e. The summed E-state index contributed by atoms with van der Waals surface area (Å²) in [5.41, 5.74) is 0. The van der Waals surface area contributed by atoms with Crippen LogP contribution in [0.2, 0.25) is 0 Å². The van der Waals surface area contributed by atoms with Crippen LogP contribution in [0, 0.1) is 11.8 Å². The van der Waals surface area contributed by atoms with E-state index in [4.69, 9.17) is 0 Å². The van der Waals surface area contributed by atoms with Crippen LogP contribution in [-0.2, 0) is 4.79 Å². The Labute approximate surface area is 81.9 Å². The fourth-order valence-corrected chi connectivity index (χ4v) is 2.30. The molecular weight excluding hydrogens is 160 g/mol. The van der Waals surface area contributed by atoms with Gasteiger partial charge in [0, 0.05) is 5.92 Å². The average molecular weight is 182 g/mol. The topological polar surface area (TPSA) is 17.1 Å². The van der Waals surface area contributed by atoms with E-state index in [-0.39, 0.29) is 5.92 Å². The molecule has 1 unspecified atom stereocenters. The summed E-state index contributed by atoms with van der Waals surface area (Å²) in [5, 5.41) is 0. The molecule has 0 aromatic heterocycles. The van der Waals surface area contributed by atoms with E-state index in [9.17, 15) is 4.79 Å². The zero-order valence-electron chi connectivity index (χ0n) is 8.80. The first-order chi connectivity index (χ1) is 6.34. The summed E-state index contributed by atoms with van der Waals surface area (Å²) in [6, 6.07) is 0. The molecule has 0 heterocycles. The molecule has 13 heavy (non-hydrogen) atoms. The minimum Gasteiger partial charge on any atom is -0.303 e. The van der Waals surface area contributed by atoms with Crippen LogP contribution in [-0.4, -0.2) is 6.29 Å². The van der Waals surface area contributed by atoms with Crippen LogP contribution >= 0.6 is 0 Å². The van der Waals surface area contributed by atoms with E-state index in [1.807, 2.05) is 0 Å². The molecular formula is C12H22O. The number of rotatable bonds is 2. The highest BCUT2D eigenvalue weighted by atomic mass is 16.1. The largest absolute Gasteiger partial charge is 0.303 e. The fraction of sp³-hybridized carbons (Fsp3) is 0.917. The minimum absolute atomic E-state index is 0.290. The van der Waals surface area contributed by atoms with Crippen molar-refractivity contribution >= 4 is 6.29 Å². The number of aldehydes is 1. The molecule has 1 heteroatoms. The van der Waals surface area contributed by atoms with Crippen molar-refractivity contribution in [3.8, 4) is 0 Å². The van der Waals surface area contributed by atoms with Crippen molar-refractivity contribution < 1.29 is 4.79 Å². The molecule has 76 valence electrons. The molecule has 0 aromatic rings. The lowest BCUT2D eigenvalue weighted by Gasteiger charge is -2.18. The second-order valence-electron chi connectivity index (χ2n) is 4.45. The summed E-state index contributed by atoms with van der Waals surface area (Å²) in [6.45, 7) is 2.08. The van der Waals surface area contributed by atoms with Crippen molar-refractivity contribution in [3.05, 3.63) is 0 Å². The summed E-state index contributed by atoms with van der Waals surface area (Å²) in [6.07, 6.45) is 11.9. The molecule has 1 saturated carbocycles. The van der Waals surface area contributed by atoms with Crippen LogP contribution in [0.15, 0.2) is 0 Å². The normalized spacial score (nSPS) is 24.1. The van der Waals surface area contributed by atoms with Gasteiger partial charge in [-0.1, -0.05) is 45.4 Å². The van der Waals surface area contributed by atoms with Crippen LogP contribution in [0.5, 0.6) is 0 Å². The van der Waals surface area contributed by atoms with E-state index >= 15 is 0 Å². The maximum absolute atomic E-state index is 10.7. The highest BCUT2D eigenvalue weighted by Crippen LogP contribution is 2.26. The van der Waals surface area contributed by atoms with E-state index in [0.717, 1.165) is 6.29 Å². The smallest absolute Gasteiger partial charge is 0.123 e.